The highest BCUT2D eigenvalue weighted by atomic mass is 35.5. The van der Waals surface area contributed by atoms with Gasteiger partial charge >= 0.3 is 11.9 Å². The highest BCUT2D eigenvalue weighted by molar-refractivity contribution is 7.13. The van der Waals surface area contributed by atoms with Crippen molar-refractivity contribution in [3.63, 3.8) is 0 Å². The van der Waals surface area contributed by atoms with Gasteiger partial charge < -0.3 is 10.2 Å². The smallest absolute Gasteiger partial charge is 0.332 e. The lowest BCUT2D eigenvalue weighted by Crippen LogP contribution is -2.47. The van der Waals surface area contributed by atoms with Crippen LogP contribution in [-0.2, 0) is 9.59 Å². The van der Waals surface area contributed by atoms with Crippen LogP contribution in [0.15, 0.2) is 46.9 Å². The van der Waals surface area contributed by atoms with Gasteiger partial charge in [0.25, 0.3) is 0 Å². The molecule has 2 aromatic rings. The maximum absolute atomic E-state index is 12.8. The number of thiazole rings is 1. The van der Waals surface area contributed by atoms with Gasteiger partial charge in [0.05, 0.1) is 11.1 Å². The van der Waals surface area contributed by atoms with Crippen molar-refractivity contribution in [3.8, 4) is 10.6 Å². The number of aliphatic carboxylic acids is 2. The van der Waals surface area contributed by atoms with Crippen LogP contribution in [-0.4, -0.2) is 27.1 Å². The summed E-state index contributed by atoms with van der Waals surface area (Å²) >= 11 is 7.44. The third-order valence-corrected chi connectivity index (χ3v) is 8.24. The standard InChI is InChI=1S/C25H26ClNO4S/c1-14-19(20-13-32-22(27-20)16-8-10-18(26)11-9-16)12-25(24(30)31,15(2)21(14)23(28)29)17-6-4-3-5-7-17/h8-13,15,17H,3-7H2,1-2H3,(H,28,29)(H,30,31). The van der Waals surface area contributed by atoms with Crippen LogP contribution in [0.4, 0.5) is 0 Å². The van der Waals surface area contributed by atoms with Crippen molar-refractivity contribution in [3.05, 3.63) is 57.6 Å². The van der Waals surface area contributed by atoms with Crippen LogP contribution in [0.25, 0.3) is 16.1 Å². The SMILES string of the molecule is CC1=C(C(=O)O)C(C)C(C(=O)O)(C2CCCCC2)C=C1c1csc(-c2ccc(Cl)cc2)n1. The molecular weight excluding hydrogens is 446 g/mol. The van der Waals surface area contributed by atoms with Crippen LogP contribution in [0.1, 0.15) is 51.6 Å². The molecule has 1 aromatic heterocycles. The maximum atomic E-state index is 12.8. The minimum absolute atomic E-state index is 0.101. The Labute approximate surface area is 196 Å². The molecule has 1 heterocycles. The Morgan fingerprint density at radius 1 is 1.12 bits per heavy atom. The predicted molar refractivity (Wildman–Crippen MR) is 127 cm³/mol. The molecule has 4 rings (SSSR count). The van der Waals surface area contributed by atoms with E-state index >= 15 is 0 Å². The van der Waals surface area contributed by atoms with Crippen LogP contribution in [0.3, 0.4) is 0 Å². The first-order valence-corrected chi connectivity index (χ1v) is 12.1. The van der Waals surface area contributed by atoms with E-state index in [0.29, 0.717) is 21.9 Å². The second-order valence-electron chi connectivity index (χ2n) is 8.74. The first kappa shape index (κ1) is 22.7. The Balaban J connectivity index is 1.86. The maximum Gasteiger partial charge on any atom is 0.332 e. The zero-order chi connectivity index (χ0) is 23.0. The average molecular weight is 472 g/mol. The molecule has 1 saturated carbocycles. The van der Waals surface area contributed by atoms with Crippen molar-refractivity contribution in [2.75, 3.05) is 0 Å². The molecule has 0 spiro atoms. The number of carbonyl (C=O) groups is 2. The molecule has 168 valence electrons. The van der Waals surface area contributed by atoms with Gasteiger partial charge in [0, 0.05) is 33.0 Å². The fraction of sp³-hybridized carbons (Fsp3) is 0.400. The van der Waals surface area contributed by atoms with E-state index in [1.165, 1.54) is 11.3 Å². The number of nitrogens with zero attached hydrogens (tertiary/aromatic N) is 1. The van der Waals surface area contributed by atoms with E-state index < -0.39 is 23.3 Å². The van der Waals surface area contributed by atoms with E-state index in [1.54, 1.807) is 26.0 Å². The Bertz CT molecular complexity index is 1110. The molecule has 2 aliphatic carbocycles. The number of aromatic nitrogens is 1. The molecule has 5 nitrogen and oxygen atoms in total. The predicted octanol–water partition coefficient (Wildman–Crippen LogP) is 6.55. The van der Waals surface area contributed by atoms with Gasteiger partial charge in [-0.2, -0.15) is 0 Å². The number of benzene rings is 1. The molecule has 0 radical (unpaired) electrons. The second-order valence-corrected chi connectivity index (χ2v) is 10.0. The summed E-state index contributed by atoms with van der Waals surface area (Å²) in [5.74, 6) is -2.74. The summed E-state index contributed by atoms with van der Waals surface area (Å²) in [6.45, 7) is 3.52. The molecule has 2 N–H and O–H groups in total. The second kappa shape index (κ2) is 8.83. The largest absolute Gasteiger partial charge is 0.481 e. The molecule has 2 atom stereocenters. The van der Waals surface area contributed by atoms with E-state index in [1.807, 2.05) is 23.6 Å². The molecular formula is C25H26ClNO4S. The van der Waals surface area contributed by atoms with Gasteiger partial charge in [-0.05, 0) is 43.4 Å². The van der Waals surface area contributed by atoms with Crippen LogP contribution in [0, 0.1) is 17.3 Å². The summed E-state index contributed by atoms with van der Waals surface area (Å²) < 4.78 is 0. The van der Waals surface area contributed by atoms with Crippen LogP contribution >= 0.6 is 22.9 Å². The molecule has 0 bridgehead atoms. The minimum Gasteiger partial charge on any atom is -0.481 e. The van der Waals surface area contributed by atoms with Gasteiger partial charge in [-0.3, -0.25) is 4.79 Å². The Morgan fingerprint density at radius 2 is 1.78 bits per heavy atom. The quantitative estimate of drug-likeness (QED) is 0.516. The van der Waals surface area contributed by atoms with E-state index in [-0.39, 0.29) is 11.5 Å². The Morgan fingerprint density at radius 3 is 2.38 bits per heavy atom. The number of hydrogen-bond acceptors (Lipinski definition) is 4. The third-order valence-electron chi connectivity index (χ3n) is 7.09. The number of carboxylic acids is 2. The number of carboxylic acid groups (broad SMARTS) is 2. The fourth-order valence-corrected chi connectivity index (χ4v) is 6.34. The van der Waals surface area contributed by atoms with E-state index in [4.69, 9.17) is 16.6 Å². The molecule has 7 heteroatoms. The Kier molecular flexibility index (Phi) is 6.28. The normalized spacial score (nSPS) is 24.3. The van der Waals surface area contributed by atoms with Crippen molar-refractivity contribution < 1.29 is 19.8 Å². The van der Waals surface area contributed by atoms with Gasteiger partial charge in [-0.1, -0.05) is 56.0 Å². The van der Waals surface area contributed by atoms with Gasteiger partial charge in [0.1, 0.15) is 5.01 Å². The number of halogens is 1. The summed E-state index contributed by atoms with van der Waals surface area (Å²) in [4.78, 5) is 29.9. The lowest BCUT2D eigenvalue weighted by Gasteiger charge is -2.44. The lowest BCUT2D eigenvalue weighted by atomic mass is 9.57. The van der Waals surface area contributed by atoms with E-state index in [0.717, 1.165) is 42.7 Å². The van der Waals surface area contributed by atoms with Gasteiger partial charge in [0.15, 0.2) is 0 Å². The summed E-state index contributed by atoms with van der Waals surface area (Å²) in [7, 11) is 0. The monoisotopic (exact) mass is 471 g/mol. The van der Waals surface area contributed by atoms with Crippen LogP contribution in [0.5, 0.6) is 0 Å². The summed E-state index contributed by atoms with van der Waals surface area (Å²) in [6, 6.07) is 7.37. The van der Waals surface area contributed by atoms with Crippen LogP contribution in [0.2, 0.25) is 5.02 Å². The zero-order valence-electron chi connectivity index (χ0n) is 18.1. The molecule has 0 aliphatic heterocycles. The van der Waals surface area contributed by atoms with Crippen molar-refractivity contribution in [1.82, 2.24) is 4.98 Å². The number of hydrogen-bond donors (Lipinski definition) is 2. The molecule has 0 saturated heterocycles. The van der Waals surface area contributed by atoms with Crippen molar-refractivity contribution in [2.24, 2.45) is 17.3 Å². The summed E-state index contributed by atoms with van der Waals surface area (Å²) in [5.41, 5.74) is 1.65. The zero-order valence-corrected chi connectivity index (χ0v) is 19.7. The molecule has 1 fully saturated rings. The molecule has 2 unspecified atom stereocenters. The summed E-state index contributed by atoms with van der Waals surface area (Å²) in [5, 5.41) is 23.8. The topological polar surface area (TPSA) is 87.5 Å². The van der Waals surface area contributed by atoms with Gasteiger partial charge in [-0.15, -0.1) is 11.3 Å². The molecule has 32 heavy (non-hydrogen) atoms. The molecule has 0 amide bonds. The minimum atomic E-state index is -1.26. The fourth-order valence-electron chi connectivity index (χ4n) is 5.39. The highest BCUT2D eigenvalue weighted by Crippen LogP contribution is 2.53. The van der Waals surface area contributed by atoms with Crippen LogP contribution < -0.4 is 0 Å². The highest BCUT2D eigenvalue weighted by Gasteiger charge is 2.53. The lowest BCUT2D eigenvalue weighted by molar-refractivity contribution is -0.153. The van der Waals surface area contributed by atoms with Crippen molar-refractivity contribution in [2.45, 2.75) is 46.0 Å². The third kappa shape index (κ3) is 3.80. The molecule has 1 aromatic carbocycles. The van der Waals surface area contributed by atoms with Crippen molar-refractivity contribution in [1.29, 1.82) is 0 Å². The van der Waals surface area contributed by atoms with E-state index in [9.17, 15) is 19.8 Å². The van der Waals surface area contributed by atoms with Gasteiger partial charge in [0.2, 0.25) is 0 Å². The number of rotatable bonds is 5. The first-order valence-electron chi connectivity index (χ1n) is 10.9. The average Bonchev–Trinajstić information content (AvgIpc) is 3.25. The Hall–Kier alpha value is -2.44. The molecule has 2 aliphatic rings. The van der Waals surface area contributed by atoms with Crippen molar-refractivity contribution >= 4 is 40.4 Å². The van der Waals surface area contributed by atoms with E-state index in [2.05, 4.69) is 0 Å². The first-order chi connectivity index (χ1) is 15.3. The van der Waals surface area contributed by atoms with Gasteiger partial charge in [-0.25, -0.2) is 9.78 Å². The summed E-state index contributed by atoms with van der Waals surface area (Å²) in [6.07, 6.45) is 6.43. The number of allylic oxidation sites excluding steroid dienone is 2.